The molecule has 0 bridgehead atoms. The highest BCUT2D eigenvalue weighted by molar-refractivity contribution is 6.33. The summed E-state index contributed by atoms with van der Waals surface area (Å²) in [7, 11) is 0. The third-order valence-electron chi connectivity index (χ3n) is 3.10. The lowest BCUT2D eigenvalue weighted by Crippen LogP contribution is -2.44. The molecular weight excluding hydrogens is 256 g/mol. The quantitative estimate of drug-likeness (QED) is 0.770. The van der Waals surface area contributed by atoms with Crippen LogP contribution in [0.1, 0.15) is 25.5 Å². The van der Waals surface area contributed by atoms with Crippen LogP contribution >= 0.6 is 11.6 Å². The third kappa shape index (κ3) is 2.11. The number of nitrogens with zero attached hydrogens (tertiary/aromatic N) is 1. The van der Waals surface area contributed by atoms with Crippen LogP contribution in [0.25, 0.3) is 0 Å². The number of ether oxygens (including phenoxy) is 1. The summed E-state index contributed by atoms with van der Waals surface area (Å²) < 4.78 is 5.52. The van der Waals surface area contributed by atoms with Gasteiger partial charge in [0, 0.05) is 0 Å². The van der Waals surface area contributed by atoms with Gasteiger partial charge in [-0.25, -0.2) is 4.79 Å². The number of halogens is 1. The summed E-state index contributed by atoms with van der Waals surface area (Å²) in [6, 6.07) is 4.76. The molecule has 1 aromatic rings. The Labute approximate surface area is 110 Å². The summed E-state index contributed by atoms with van der Waals surface area (Å²) in [6.45, 7) is 3.75. The summed E-state index contributed by atoms with van der Waals surface area (Å²) in [6.07, 6.45) is -1.02. The van der Waals surface area contributed by atoms with Crippen molar-refractivity contribution in [1.29, 1.82) is 0 Å². The Bertz CT molecular complexity index is 490. The molecule has 0 aromatic heterocycles. The SMILES string of the molecule is CC1(C)OC[C@H](c2ccc(Cl)c(N)c2)N1C(=O)O. The van der Waals surface area contributed by atoms with Gasteiger partial charge in [0.25, 0.3) is 0 Å². The van der Waals surface area contributed by atoms with Gasteiger partial charge in [0.1, 0.15) is 5.72 Å². The van der Waals surface area contributed by atoms with Crippen LogP contribution in [0, 0.1) is 0 Å². The van der Waals surface area contributed by atoms with Gasteiger partial charge in [-0.1, -0.05) is 17.7 Å². The predicted molar refractivity (Wildman–Crippen MR) is 68.5 cm³/mol. The van der Waals surface area contributed by atoms with Crippen molar-refractivity contribution >= 4 is 23.4 Å². The van der Waals surface area contributed by atoms with Crippen LogP contribution in [0.2, 0.25) is 5.02 Å². The van der Waals surface area contributed by atoms with Crippen molar-refractivity contribution in [2.24, 2.45) is 0 Å². The molecule has 0 radical (unpaired) electrons. The lowest BCUT2D eigenvalue weighted by atomic mass is 10.1. The van der Waals surface area contributed by atoms with Gasteiger partial charge >= 0.3 is 6.09 Å². The molecular formula is C12H15ClN2O3. The van der Waals surface area contributed by atoms with Crippen LogP contribution in [-0.4, -0.2) is 28.4 Å². The lowest BCUT2D eigenvalue weighted by molar-refractivity contribution is -0.0420. The van der Waals surface area contributed by atoms with Gasteiger partial charge in [-0.15, -0.1) is 0 Å². The lowest BCUT2D eigenvalue weighted by Gasteiger charge is -2.31. The second kappa shape index (κ2) is 4.33. The Balaban J connectivity index is 2.38. The van der Waals surface area contributed by atoms with E-state index in [1.54, 1.807) is 32.0 Å². The highest BCUT2D eigenvalue weighted by atomic mass is 35.5. The standard InChI is InChI=1S/C12H15ClN2O3/c1-12(2)15(11(16)17)10(6-18-12)7-3-4-8(13)9(14)5-7/h3-5,10H,6,14H2,1-2H3,(H,16,17)/t10-/m1/s1. The van der Waals surface area contributed by atoms with Gasteiger partial charge < -0.3 is 15.6 Å². The van der Waals surface area contributed by atoms with Crippen LogP contribution < -0.4 is 5.73 Å². The highest BCUT2D eigenvalue weighted by Gasteiger charge is 2.44. The number of benzene rings is 1. The minimum atomic E-state index is -1.02. The van der Waals surface area contributed by atoms with E-state index in [9.17, 15) is 9.90 Å². The first-order chi connectivity index (χ1) is 8.33. The average molecular weight is 271 g/mol. The zero-order valence-corrected chi connectivity index (χ0v) is 10.9. The first-order valence-electron chi connectivity index (χ1n) is 5.54. The van der Waals surface area contributed by atoms with E-state index in [-0.39, 0.29) is 6.04 Å². The van der Waals surface area contributed by atoms with Gasteiger partial charge in [0.2, 0.25) is 0 Å². The van der Waals surface area contributed by atoms with Crippen LogP contribution in [0.5, 0.6) is 0 Å². The van der Waals surface area contributed by atoms with E-state index in [0.717, 1.165) is 5.56 Å². The molecule has 5 nitrogen and oxygen atoms in total. The molecule has 1 fully saturated rings. The Morgan fingerprint density at radius 2 is 2.28 bits per heavy atom. The minimum absolute atomic E-state index is 0.306. The highest BCUT2D eigenvalue weighted by Crippen LogP contribution is 2.37. The number of carbonyl (C=O) groups is 1. The van der Waals surface area contributed by atoms with Gasteiger partial charge in [-0.2, -0.15) is 0 Å². The van der Waals surface area contributed by atoms with Crippen molar-refractivity contribution in [3.8, 4) is 0 Å². The van der Waals surface area contributed by atoms with E-state index in [1.807, 2.05) is 0 Å². The molecule has 3 N–H and O–H groups in total. The molecule has 1 aromatic carbocycles. The van der Waals surface area contributed by atoms with Gasteiger partial charge in [-0.05, 0) is 31.5 Å². The maximum Gasteiger partial charge on any atom is 0.410 e. The van der Waals surface area contributed by atoms with Crippen LogP contribution in [0.15, 0.2) is 18.2 Å². The molecule has 98 valence electrons. The Morgan fingerprint density at radius 3 is 2.83 bits per heavy atom. The minimum Gasteiger partial charge on any atom is -0.465 e. The molecule has 0 saturated carbocycles. The number of rotatable bonds is 1. The van der Waals surface area contributed by atoms with Crippen molar-refractivity contribution in [1.82, 2.24) is 4.90 Å². The molecule has 1 aliphatic heterocycles. The number of anilines is 1. The molecule has 1 heterocycles. The fourth-order valence-electron chi connectivity index (χ4n) is 2.18. The van der Waals surface area contributed by atoms with Crippen molar-refractivity contribution in [3.05, 3.63) is 28.8 Å². The number of hydrogen-bond donors (Lipinski definition) is 2. The molecule has 1 amide bonds. The Kier molecular flexibility index (Phi) is 3.12. The van der Waals surface area contributed by atoms with E-state index in [2.05, 4.69) is 0 Å². The molecule has 2 rings (SSSR count). The van der Waals surface area contributed by atoms with E-state index in [0.29, 0.717) is 17.3 Å². The third-order valence-corrected chi connectivity index (χ3v) is 3.44. The molecule has 1 atom stereocenters. The first-order valence-corrected chi connectivity index (χ1v) is 5.92. The topological polar surface area (TPSA) is 75.8 Å². The van der Waals surface area contributed by atoms with Crippen molar-refractivity contribution < 1.29 is 14.6 Å². The van der Waals surface area contributed by atoms with E-state index in [1.165, 1.54) is 4.90 Å². The largest absolute Gasteiger partial charge is 0.465 e. The molecule has 1 aliphatic rings. The molecule has 18 heavy (non-hydrogen) atoms. The maximum atomic E-state index is 11.3. The van der Waals surface area contributed by atoms with Crippen LogP contribution in [0.3, 0.4) is 0 Å². The van der Waals surface area contributed by atoms with Gasteiger partial charge in [-0.3, -0.25) is 4.90 Å². The number of amides is 1. The number of hydrogen-bond acceptors (Lipinski definition) is 3. The maximum absolute atomic E-state index is 11.3. The zero-order chi connectivity index (χ0) is 13.5. The summed E-state index contributed by atoms with van der Waals surface area (Å²) >= 11 is 5.86. The monoisotopic (exact) mass is 270 g/mol. The summed E-state index contributed by atoms with van der Waals surface area (Å²) in [5.74, 6) is 0. The van der Waals surface area contributed by atoms with Crippen molar-refractivity contribution in [2.45, 2.75) is 25.6 Å². The van der Waals surface area contributed by atoms with Crippen LogP contribution in [0.4, 0.5) is 10.5 Å². The fraction of sp³-hybridized carbons (Fsp3) is 0.417. The number of carboxylic acid groups (broad SMARTS) is 1. The normalized spacial score (nSPS) is 22.2. The smallest absolute Gasteiger partial charge is 0.410 e. The molecule has 0 unspecified atom stereocenters. The second-order valence-corrected chi connectivity index (χ2v) is 5.11. The Morgan fingerprint density at radius 1 is 1.61 bits per heavy atom. The number of nitrogens with two attached hydrogens (primary N) is 1. The second-order valence-electron chi connectivity index (χ2n) is 4.71. The predicted octanol–water partition coefficient (Wildman–Crippen LogP) is 2.71. The van der Waals surface area contributed by atoms with Crippen molar-refractivity contribution in [2.75, 3.05) is 12.3 Å². The summed E-state index contributed by atoms with van der Waals surface area (Å²) in [5, 5.41) is 9.75. The van der Waals surface area contributed by atoms with E-state index < -0.39 is 11.8 Å². The summed E-state index contributed by atoms with van der Waals surface area (Å²) in [4.78, 5) is 12.6. The zero-order valence-electron chi connectivity index (χ0n) is 10.2. The Hall–Kier alpha value is -1.46. The molecule has 0 aliphatic carbocycles. The number of nitrogen functional groups attached to an aromatic ring is 1. The average Bonchev–Trinajstić information content (AvgIpc) is 2.58. The van der Waals surface area contributed by atoms with Crippen molar-refractivity contribution in [3.63, 3.8) is 0 Å². The van der Waals surface area contributed by atoms with Gasteiger partial charge in [0.05, 0.1) is 23.4 Å². The van der Waals surface area contributed by atoms with Crippen LogP contribution in [-0.2, 0) is 4.74 Å². The molecule has 6 heteroatoms. The summed E-state index contributed by atoms with van der Waals surface area (Å²) in [5.41, 5.74) is 6.11. The molecule has 0 spiro atoms. The van der Waals surface area contributed by atoms with Gasteiger partial charge in [0.15, 0.2) is 0 Å². The first kappa shape index (κ1) is 13.0. The van der Waals surface area contributed by atoms with E-state index in [4.69, 9.17) is 22.1 Å². The molecule has 1 saturated heterocycles. The fourth-order valence-corrected chi connectivity index (χ4v) is 2.30. The van der Waals surface area contributed by atoms with E-state index >= 15 is 0 Å².